The monoisotopic (exact) mass is 207 g/mol. The first-order chi connectivity index (χ1) is 6.97. The van der Waals surface area contributed by atoms with Crippen LogP contribution in [0.5, 0.6) is 0 Å². The van der Waals surface area contributed by atoms with Gasteiger partial charge in [-0.3, -0.25) is 0 Å². The lowest BCUT2D eigenvalue weighted by Gasteiger charge is -2.32. The molecule has 84 valence electrons. The van der Waals surface area contributed by atoms with Crippen LogP contribution in [-0.2, 0) is 0 Å². The molecule has 1 aliphatic rings. The summed E-state index contributed by atoms with van der Waals surface area (Å²) in [7, 11) is 0. The molecule has 0 saturated heterocycles. The summed E-state index contributed by atoms with van der Waals surface area (Å²) in [4.78, 5) is 0. The van der Waals surface area contributed by atoms with Crippen LogP contribution in [0, 0.1) is 5.41 Å². The maximum atomic E-state index is 8.58. The molecule has 0 aromatic carbocycles. The van der Waals surface area contributed by atoms with Crippen molar-refractivity contribution in [3.05, 3.63) is 23.3 Å². The molecule has 1 rings (SSSR count). The quantitative estimate of drug-likeness (QED) is 0.415. The van der Waals surface area contributed by atoms with Crippen molar-refractivity contribution < 1.29 is 5.21 Å². The summed E-state index contributed by atoms with van der Waals surface area (Å²) >= 11 is 0. The summed E-state index contributed by atoms with van der Waals surface area (Å²) in [5.41, 5.74) is 3.77. The normalized spacial score (nSPS) is 22.5. The Balaban J connectivity index is 2.95. The van der Waals surface area contributed by atoms with Gasteiger partial charge in [0, 0.05) is 0 Å². The summed E-state index contributed by atoms with van der Waals surface area (Å²) in [6, 6.07) is 0. The minimum Gasteiger partial charge on any atom is -0.411 e. The van der Waals surface area contributed by atoms with Crippen LogP contribution in [0.2, 0.25) is 0 Å². The molecule has 0 atom stereocenters. The van der Waals surface area contributed by atoms with E-state index in [9.17, 15) is 0 Å². The SMILES string of the molecule is CC(C=CC1=C(C)CCCC1(C)C)=NO. The zero-order valence-electron chi connectivity index (χ0n) is 10.2. The maximum absolute atomic E-state index is 8.58. The Morgan fingerprint density at radius 1 is 1.47 bits per heavy atom. The van der Waals surface area contributed by atoms with Crippen LogP contribution in [0.4, 0.5) is 0 Å². The van der Waals surface area contributed by atoms with Crippen LogP contribution in [0.15, 0.2) is 28.5 Å². The van der Waals surface area contributed by atoms with Crippen molar-refractivity contribution in [1.82, 2.24) is 0 Å². The first kappa shape index (κ1) is 12.0. The van der Waals surface area contributed by atoms with Gasteiger partial charge in [-0.05, 0) is 50.2 Å². The predicted octanol–water partition coefficient (Wildman–Crippen LogP) is 3.92. The largest absolute Gasteiger partial charge is 0.411 e. The fraction of sp³-hybridized carbons (Fsp3) is 0.615. The van der Waals surface area contributed by atoms with Crippen molar-refractivity contribution >= 4 is 5.71 Å². The van der Waals surface area contributed by atoms with Gasteiger partial charge < -0.3 is 5.21 Å². The van der Waals surface area contributed by atoms with Crippen LogP contribution in [0.1, 0.15) is 47.0 Å². The second-order valence-corrected chi connectivity index (χ2v) is 5.01. The lowest BCUT2D eigenvalue weighted by Crippen LogP contribution is -2.19. The highest BCUT2D eigenvalue weighted by atomic mass is 16.4. The van der Waals surface area contributed by atoms with Crippen molar-refractivity contribution in [1.29, 1.82) is 0 Å². The van der Waals surface area contributed by atoms with Gasteiger partial charge in [-0.1, -0.05) is 30.7 Å². The van der Waals surface area contributed by atoms with Gasteiger partial charge in [-0.25, -0.2) is 0 Å². The average molecular weight is 207 g/mol. The van der Waals surface area contributed by atoms with E-state index < -0.39 is 0 Å². The van der Waals surface area contributed by atoms with E-state index in [4.69, 9.17) is 5.21 Å². The Morgan fingerprint density at radius 3 is 2.67 bits per heavy atom. The maximum Gasteiger partial charge on any atom is 0.0764 e. The van der Waals surface area contributed by atoms with Crippen LogP contribution in [0.3, 0.4) is 0 Å². The van der Waals surface area contributed by atoms with E-state index in [1.54, 1.807) is 6.92 Å². The molecule has 0 fully saturated rings. The van der Waals surface area contributed by atoms with Crippen LogP contribution < -0.4 is 0 Å². The first-order valence-corrected chi connectivity index (χ1v) is 5.54. The van der Waals surface area contributed by atoms with E-state index in [2.05, 4.69) is 32.0 Å². The molecule has 0 heterocycles. The van der Waals surface area contributed by atoms with E-state index in [1.807, 2.05) is 6.08 Å². The van der Waals surface area contributed by atoms with Gasteiger partial charge >= 0.3 is 0 Å². The van der Waals surface area contributed by atoms with Gasteiger partial charge in [-0.2, -0.15) is 0 Å². The Hall–Kier alpha value is -1.05. The van der Waals surface area contributed by atoms with E-state index in [-0.39, 0.29) is 5.41 Å². The number of hydrogen-bond donors (Lipinski definition) is 1. The van der Waals surface area contributed by atoms with Gasteiger partial charge in [-0.15, -0.1) is 0 Å². The van der Waals surface area contributed by atoms with Crippen molar-refractivity contribution in [2.24, 2.45) is 10.6 Å². The minimum atomic E-state index is 0.259. The zero-order chi connectivity index (χ0) is 11.5. The predicted molar refractivity (Wildman–Crippen MR) is 64.4 cm³/mol. The van der Waals surface area contributed by atoms with Crippen molar-refractivity contribution in [2.75, 3.05) is 0 Å². The molecule has 0 aliphatic heterocycles. The molecule has 2 nitrogen and oxygen atoms in total. The highest BCUT2D eigenvalue weighted by Gasteiger charge is 2.26. The Morgan fingerprint density at radius 2 is 2.13 bits per heavy atom. The second kappa shape index (κ2) is 4.65. The molecule has 0 saturated carbocycles. The fourth-order valence-electron chi connectivity index (χ4n) is 2.25. The summed E-state index contributed by atoms with van der Waals surface area (Å²) in [6.07, 6.45) is 7.69. The van der Waals surface area contributed by atoms with Gasteiger partial charge in [0.15, 0.2) is 0 Å². The van der Waals surface area contributed by atoms with Gasteiger partial charge in [0.1, 0.15) is 0 Å². The fourth-order valence-corrected chi connectivity index (χ4v) is 2.25. The van der Waals surface area contributed by atoms with E-state index >= 15 is 0 Å². The van der Waals surface area contributed by atoms with Gasteiger partial charge in [0.2, 0.25) is 0 Å². The summed E-state index contributed by atoms with van der Waals surface area (Å²) < 4.78 is 0. The lowest BCUT2D eigenvalue weighted by atomic mass is 9.72. The lowest BCUT2D eigenvalue weighted by molar-refractivity contribution is 0.319. The van der Waals surface area contributed by atoms with Crippen molar-refractivity contribution in [3.63, 3.8) is 0 Å². The first-order valence-electron chi connectivity index (χ1n) is 5.54. The smallest absolute Gasteiger partial charge is 0.0764 e. The third-order valence-electron chi connectivity index (χ3n) is 3.19. The van der Waals surface area contributed by atoms with Crippen molar-refractivity contribution in [3.8, 4) is 0 Å². The molecule has 15 heavy (non-hydrogen) atoms. The Kier molecular flexibility index (Phi) is 3.72. The minimum absolute atomic E-state index is 0.259. The van der Waals surface area contributed by atoms with Gasteiger partial charge in [0.25, 0.3) is 0 Å². The molecule has 2 heteroatoms. The molecule has 0 aromatic rings. The standard InChI is InChI=1S/C13H21NO/c1-10-6-5-9-13(3,4)12(10)8-7-11(2)14-15/h7-8,15H,5-6,9H2,1-4H3. The number of hydrogen-bond acceptors (Lipinski definition) is 2. The van der Waals surface area contributed by atoms with Gasteiger partial charge in [0.05, 0.1) is 5.71 Å². The summed E-state index contributed by atoms with van der Waals surface area (Å²) in [6.45, 7) is 8.55. The number of nitrogens with zero attached hydrogens (tertiary/aromatic N) is 1. The highest BCUT2D eigenvalue weighted by Crippen LogP contribution is 2.40. The topological polar surface area (TPSA) is 32.6 Å². The Bertz CT molecular complexity index is 321. The van der Waals surface area contributed by atoms with E-state index in [0.717, 1.165) is 0 Å². The molecular formula is C13H21NO. The van der Waals surface area contributed by atoms with Crippen LogP contribution in [-0.4, -0.2) is 10.9 Å². The van der Waals surface area contributed by atoms with Crippen molar-refractivity contribution in [2.45, 2.75) is 47.0 Å². The molecule has 0 aromatic heterocycles. The number of oxime groups is 1. The molecule has 0 amide bonds. The van der Waals surface area contributed by atoms with Crippen LogP contribution >= 0.6 is 0 Å². The van der Waals surface area contributed by atoms with E-state index in [1.165, 1.54) is 30.4 Å². The zero-order valence-corrected chi connectivity index (χ0v) is 10.2. The third-order valence-corrected chi connectivity index (χ3v) is 3.19. The molecule has 0 unspecified atom stereocenters. The number of allylic oxidation sites excluding steroid dienone is 4. The van der Waals surface area contributed by atoms with E-state index in [0.29, 0.717) is 5.71 Å². The van der Waals surface area contributed by atoms with Crippen LogP contribution in [0.25, 0.3) is 0 Å². The molecule has 1 N–H and O–H groups in total. The average Bonchev–Trinajstić information content (AvgIpc) is 2.15. The molecule has 1 aliphatic carbocycles. The summed E-state index contributed by atoms with van der Waals surface area (Å²) in [5.74, 6) is 0. The highest BCUT2D eigenvalue weighted by molar-refractivity contribution is 5.92. The number of rotatable bonds is 2. The Labute approximate surface area is 92.4 Å². The molecule has 0 spiro atoms. The third kappa shape index (κ3) is 2.95. The second-order valence-electron chi connectivity index (χ2n) is 5.01. The summed E-state index contributed by atoms with van der Waals surface area (Å²) in [5, 5.41) is 11.7. The molecular weight excluding hydrogens is 186 g/mol. The molecule has 0 radical (unpaired) electrons. The molecule has 0 bridgehead atoms.